The summed E-state index contributed by atoms with van der Waals surface area (Å²) in [6.45, 7) is 1.78. The number of likely N-dealkylation sites (N-methyl/N-ethyl adjacent to an activating group) is 1. The maximum absolute atomic E-state index is 13.3. The van der Waals surface area contributed by atoms with E-state index in [0.717, 1.165) is 22.6 Å². The van der Waals surface area contributed by atoms with Gasteiger partial charge in [-0.15, -0.1) is 0 Å². The smallest absolute Gasteiger partial charge is 0.126 e. The van der Waals surface area contributed by atoms with Gasteiger partial charge in [-0.3, -0.25) is 0 Å². The molecule has 1 atom stereocenters. The fourth-order valence-electron chi connectivity index (χ4n) is 2.17. The minimum absolute atomic E-state index is 0.151. The van der Waals surface area contributed by atoms with Gasteiger partial charge in [0.1, 0.15) is 5.82 Å². The molecule has 0 radical (unpaired) electrons. The molecule has 2 aromatic carbocycles. The van der Waals surface area contributed by atoms with Gasteiger partial charge < -0.3 is 5.32 Å². The van der Waals surface area contributed by atoms with Crippen LogP contribution in [0.15, 0.2) is 42.5 Å². The molecule has 0 bridgehead atoms. The third kappa shape index (κ3) is 3.55. The zero-order valence-corrected chi connectivity index (χ0v) is 11.8. The number of rotatable bonds is 4. The molecule has 0 saturated carbocycles. The van der Waals surface area contributed by atoms with Gasteiger partial charge in [-0.05, 0) is 55.3 Å². The van der Waals surface area contributed by atoms with Crippen molar-refractivity contribution in [2.24, 2.45) is 0 Å². The van der Waals surface area contributed by atoms with Crippen LogP contribution in [0.4, 0.5) is 4.39 Å². The van der Waals surface area contributed by atoms with Crippen molar-refractivity contribution in [3.8, 4) is 0 Å². The Hall–Kier alpha value is -1.38. The quantitative estimate of drug-likeness (QED) is 0.879. The van der Waals surface area contributed by atoms with E-state index in [-0.39, 0.29) is 11.9 Å². The van der Waals surface area contributed by atoms with Crippen LogP contribution in [-0.4, -0.2) is 7.05 Å². The molecule has 0 aliphatic carbocycles. The largest absolute Gasteiger partial charge is 0.313 e. The number of nitrogens with one attached hydrogen (secondary N) is 1. The van der Waals surface area contributed by atoms with Crippen molar-refractivity contribution in [1.82, 2.24) is 5.32 Å². The van der Waals surface area contributed by atoms with E-state index in [1.54, 1.807) is 6.92 Å². The van der Waals surface area contributed by atoms with Crippen LogP contribution >= 0.6 is 11.6 Å². The third-order valence-corrected chi connectivity index (χ3v) is 3.50. The summed E-state index contributed by atoms with van der Waals surface area (Å²) in [7, 11) is 1.91. The fourth-order valence-corrected chi connectivity index (χ4v) is 2.38. The summed E-state index contributed by atoms with van der Waals surface area (Å²) in [5, 5.41) is 4.01. The van der Waals surface area contributed by atoms with Crippen LogP contribution in [-0.2, 0) is 6.42 Å². The second-order valence-electron chi connectivity index (χ2n) is 4.68. The van der Waals surface area contributed by atoms with Gasteiger partial charge in [-0.1, -0.05) is 35.9 Å². The first-order valence-corrected chi connectivity index (χ1v) is 6.65. The molecule has 0 spiro atoms. The van der Waals surface area contributed by atoms with E-state index in [1.165, 1.54) is 6.07 Å². The standard InChI is InChI=1S/C16H17ClFN/c1-11-8-13(6-7-15(11)18)16(19-2)10-12-4-3-5-14(17)9-12/h3-9,16,19H,10H2,1-2H3. The predicted molar refractivity (Wildman–Crippen MR) is 78.1 cm³/mol. The summed E-state index contributed by atoms with van der Waals surface area (Å²) in [6, 6.07) is 13.2. The zero-order valence-electron chi connectivity index (χ0n) is 11.1. The number of aryl methyl sites for hydroxylation is 1. The van der Waals surface area contributed by atoms with Crippen molar-refractivity contribution in [3.63, 3.8) is 0 Å². The summed E-state index contributed by atoms with van der Waals surface area (Å²) in [4.78, 5) is 0. The average Bonchev–Trinajstić information content (AvgIpc) is 2.39. The first-order chi connectivity index (χ1) is 9.10. The van der Waals surface area contributed by atoms with E-state index in [0.29, 0.717) is 5.56 Å². The number of hydrogen-bond acceptors (Lipinski definition) is 1. The molecular weight excluding hydrogens is 261 g/mol. The molecule has 1 nitrogen and oxygen atoms in total. The van der Waals surface area contributed by atoms with Crippen LogP contribution in [0.5, 0.6) is 0 Å². The first-order valence-electron chi connectivity index (χ1n) is 6.28. The van der Waals surface area contributed by atoms with Gasteiger partial charge in [0.15, 0.2) is 0 Å². The summed E-state index contributed by atoms with van der Waals surface area (Å²) in [6.07, 6.45) is 0.822. The lowest BCUT2D eigenvalue weighted by Gasteiger charge is -2.17. The predicted octanol–water partition coefficient (Wildman–Crippen LogP) is 4.29. The minimum Gasteiger partial charge on any atom is -0.313 e. The molecule has 0 saturated heterocycles. The summed E-state index contributed by atoms with van der Waals surface area (Å²) >= 11 is 5.99. The average molecular weight is 278 g/mol. The molecule has 0 aliphatic rings. The second-order valence-corrected chi connectivity index (χ2v) is 5.12. The third-order valence-electron chi connectivity index (χ3n) is 3.26. The fraction of sp³-hybridized carbons (Fsp3) is 0.250. The minimum atomic E-state index is -0.165. The molecule has 19 heavy (non-hydrogen) atoms. The molecule has 1 N–H and O–H groups in total. The van der Waals surface area contributed by atoms with Gasteiger partial charge in [0.05, 0.1) is 0 Å². The zero-order chi connectivity index (χ0) is 13.8. The van der Waals surface area contributed by atoms with Gasteiger partial charge in [0, 0.05) is 11.1 Å². The Morgan fingerprint density at radius 2 is 2.00 bits per heavy atom. The first kappa shape index (κ1) is 14.0. The monoisotopic (exact) mass is 277 g/mol. The Morgan fingerprint density at radius 1 is 1.21 bits per heavy atom. The highest BCUT2D eigenvalue weighted by molar-refractivity contribution is 6.30. The lowest BCUT2D eigenvalue weighted by atomic mass is 9.97. The molecule has 100 valence electrons. The Bertz CT molecular complexity index is 568. The molecule has 0 aromatic heterocycles. The maximum atomic E-state index is 13.3. The molecule has 0 heterocycles. The van der Waals surface area contributed by atoms with Crippen molar-refractivity contribution in [2.45, 2.75) is 19.4 Å². The highest BCUT2D eigenvalue weighted by Crippen LogP contribution is 2.22. The molecule has 2 rings (SSSR count). The lowest BCUT2D eigenvalue weighted by Crippen LogP contribution is -2.19. The molecular formula is C16H17ClFN. The van der Waals surface area contributed by atoms with Crippen molar-refractivity contribution < 1.29 is 4.39 Å². The van der Waals surface area contributed by atoms with Crippen LogP contribution in [0.2, 0.25) is 5.02 Å². The lowest BCUT2D eigenvalue weighted by molar-refractivity contribution is 0.583. The Labute approximate surface area is 118 Å². The van der Waals surface area contributed by atoms with Crippen LogP contribution in [0.3, 0.4) is 0 Å². The van der Waals surface area contributed by atoms with Gasteiger partial charge in [-0.2, -0.15) is 0 Å². The molecule has 3 heteroatoms. The SMILES string of the molecule is CNC(Cc1cccc(Cl)c1)c1ccc(F)c(C)c1. The van der Waals surface area contributed by atoms with Crippen LogP contribution in [0, 0.1) is 12.7 Å². The summed E-state index contributed by atoms with van der Waals surface area (Å²) in [5.74, 6) is -0.165. The van der Waals surface area contributed by atoms with E-state index in [2.05, 4.69) is 5.32 Å². The van der Waals surface area contributed by atoms with Crippen molar-refractivity contribution in [3.05, 3.63) is 70.0 Å². The van der Waals surface area contributed by atoms with E-state index < -0.39 is 0 Å². The number of benzene rings is 2. The summed E-state index contributed by atoms with van der Waals surface area (Å²) in [5.41, 5.74) is 2.92. The number of hydrogen-bond donors (Lipinski definition) is 1. The van der Waals surface area contributed by atoms with E-state index in [1.807, 2.05) is 43.4 Å². The molecule has 2 aromatic rings. The molecule has 1 unspecified atom stereocenters. The van der Waals surface area contributed by atoms with Gasteiger partial charge >= 0.3 is 0 Å². The van der Waals surface area contributed by atoms with Gasteiger partial charge in [-0.25, -0.2) is 4.39 Å². The topological polar surface area (TPSA) is 12.0 Å². The van der Waals surface area contributed by atoms with Crippen LogP contribution < -0.4 is 5.32 Å². The van der Waals surface area contributed by atoms with Crippen LogP contribution in [0.25, 0.3) is 0 Å². The van der Waals surface area contributed by atoms with E-state index in [4.69, 9.17) is 11.6 Å². The highest BCUT2D eigenvalue weighted by Gasteiger charge is 2.11. The van der Waals surface area contributed by atoms with Gasteiger partial charge in [0.2, 0.25) is 0 Å². The van der Waals surface area contributed by atoms with E-state index in [9.17, 15) is 4.39 Å². The molecule has 0 aliphatic heterocycles. The van der Waals surface area contributed by atoms with Crippen molar-refractivity contribution >= 4 is 11.6 Å². The Balaban J connectivity index is 2.22. The van der Waals surface area contributed by atoms with Crippen molar-refractivity contribution in [1.29, 1.82) is 0 Å². The van der Waals surface area contributed by atoms with E-state index >= 15 is 0 Å². The Kier molecular flexibility index (Phi) is 4.56. The molecule has 0 amide bonds. The second kappa shape index (κ2) is 6.18. The normalized spacial score (nSPS) is 12.4. The van der Waals surface area contributed by atoms with Crippen LogP contribution in [0.1, 0.15) is 22.7 Å². The maximum Gasteiger partial charge on any atom is 0.126 e. The van der Waals surface area contributed by atoms with Crippen molar-refractivity contribution in [2.75, 3.05) is 7.05 Å². The van der Waals surface area contributed by atoms with Gasteiger partial charge in [0.25, 0.3) is 0 Å². The highest BCUT2D eigenvalue weighted by atomic mass is 35.5. The molecule has 0 fully saturated rings. The number of halogens is 2. The Morgan fingerprint density at radius 3 is 2.63 bits per heavy atom. The summed E-state index contributed by atoms with van der Waals surface area (Å²) < 4.78 is 13.3.